The second kappa shape index (κ2) is 9.05. The van der Waals surface area contributed by atoms with Crippen LogP contribution < -0.4 is 0 Å². The Hall–Kier alpha value is -2.62. The molecule has 2 aromatic carbocycles. The van der Waals surface area contributed by atoms with Gasteiger partial charge in [0.15, 0.2) is 11.0 Å². The number of thioether (sulfide) groups is 1. The Kier molecular flexibility index (Phi) is 6.05. The molecule has 4 rings (SSSR count). The molecule has 1 aliphatic rings. The zero-order chi connectivity index (χ0) is 19.2. The van der Waals surface area contributed by atoms with Crippen LogP contribution in [0.15, 0.2) is 59.8 Å². The van der Waals surface area contributed by atoms with Crippen LogP contribution in [0.4, 0.5) is 0 Å². The highest BCUT2D eigenvalue weighted by Crippen LogP contribution is 2.26. The van der Waals surface area contributed by atoms with Crippen molar-refractivity contribution in [1.82, 2.24) is 19.7 Å². The Bertz CT molecular complexity index is 937. The highest BCUT2D eigenvalue weighted by Gasteiger charge is 2.18. The maximum absolute atomic E-state index is 8.96. The first-order valence-corrected chi connectivity index (χ1v) is 10.7. The topological polar surface area (TPSA) is 57.7 Å². The molecule has 6 heteroatoms. The van der Waals surface area contributed by atoms with Gasteiger partial charge in [-0.3, -0.25) is 9.47 Å². The number of aromatic nitrogens is 3. The van der Waals surface area contributed by atoms with Crippen molar-refractivity contribution in [3.8, 4) is 11.8 Å². The summed E-state index contributed by atoms with van der Waals surface area (Å²) in [7, 11) is 0. The maximum Gasteiger partial charge on any atom is 0.196 e. The number of hydrogen-bond donors (Lipinski definition) is 0. The molecule has 1 aromatic heterocycles. The van der Waals surface area contributed by atoms with Gasteiger partial charge in [0.05, 0.1) is 18.2 Å². The highest BCUT2D eigenvalue weighted by atomic mass is 32.2. The van der Waals surface area contributed by atoms with Crippen LogP contribution in [0.5, 0.6) is 0 Å². The lowest BCUT2D eigenvalue weighted by atomic mass is 10.1. The van der Waals surface area contributed by atoms with Crippen LogP contribution in [0.2, 0.25) is 0 Å². The summed E-state index contributed by atoms with van der Waals surface area (Å²) in [5.41, 5.74) is 2.95. The third-order valence-electron chi connectivity index (χ3n) is 4.98. The van der Waals surface area contributed by atoms with Crippen molar-refractivity contribution < 1.29 is 0 Å². The quantitative estimate of drug-likeness (QED) is 0.584. The van der Waals surface area contributed by atoms with Crippen molar-refractivity contribution in [2.24, 2.45) is 0 Å². The van der Waals surface area contributed by atoms with E-state index in [0.29, 0.717) is 5.56 Å². The number of para-hydroxylation sites is 1. The van der Waals surface area contributed by atoms with E-state index in [2.05, 4.69) is 50.0 Å². The Morgan fingerprint density at radius 3 is 2.39 bits per heavy atom. The number of rotatable bonds is 6. The van der Waals surface area contributed by atoms with Gasteiger partial charge in [-0.2, -0.15) is 5.26 Å². The first-order chi connectivity index (χ1) is 13.8. The number of benzene rings is 2. The molecule has 142 valence electrons. The fourth-order valence-corrected chi connectivity index (χ4v) is 4.40. The molecule has 0 bridgehead atoms. The van der Waals surface area contributed by atoms with Gasteiger partial charge in [-0.15, -0.1) is 10.2 Å². The van der Waals surface area contributed by atoms with Gasteiger partial charge in [0.1, 0.15) is 0 Å². The van der Waals surface area contributed by atoms with Gasteiger partial charge in [0.25, 0.3) is 0 Å². The SMILES string of the molecule is N#Cc1ccc(CSc2nnc(CN3CCCCC3)n2-c2ccccc2)cc1. The summed E-state index contributed by atoms with van der Waals surface area (Å²) in [6, 6.07) is 20.2. The van der Waals surface area contributed by atoms with Crippen LogP contribution in [-0.4, -0.2) is 32.8 Å². The Balaban J connectivity index is 1.56. The van der Waals surface area contributed by atoms with Crippen LogP contribution in [0.25, 0.3) is 5.69 Å². The molecule has 2 heterocycles. The fourth-order valence-electron chi connectivity index (χ4n) is 3.47. The molecule has 0 aliphatic carbocycles. The van der Waals surface area contributed by atoms with Crippen molar-refractivity contribution in [3.05, 3.63) is 71.5 Å². The third kappa shape index (κ3) is 4.44. The smallest absolute Gasteiger partial charge is 0.196 e. The van der Waals surface area contributed by atoms with E-state index in [9.17, 15) is 0 Å². The second-order valence-corrected chi connectivity index (χ2v) is 7.95. The Labute approximate surface area is 170 Å². The normalized spacial score (nSPS) is 14.7. The van der Waals surface area contributed by atoms with E-state index in [0.717, 1.165) is 42.1 Å². The largest absolute Gasteiger partial charge is 0.296 e. The van der Waals surface area contributed by atoms with E-state index in [1.54, 1.807) is 11.8 Å². The standard InChI is InChI=1S/C22H23N5S/c23-15-18-9-11-19(12-10-18)17-28-22-25-24-21(16-26-13-5-2-6-14-26)27(22)20-7-3-1-4-8-20/h1,3-4,7-12H,2,5-6,13-14,16-17H2. The summed E-state index contributed by atoms with van der Waals surface area (Å²) in [6.07, 6.45) is 3.85. The predicted molar refractivity (Wildman–Crippen MR) is 111 cm³/mol. The maximum atomic E-state index is 8.96. The molecule has 0 amide bonds. The van der Waals surface area contributed by atoms with E-state index in [1.165, 1.54) is 24.8 Å². The molecule has 0 saturated carbocycles. The molecule has 1 fully saturated rings. The van der Waals surface area contributed by atoms with Gasteiger partial charge in [0, 0.05) is 11.4 Å². The summed E-state index contributed by atoms with van der Waals surface area (Å²) in [5.74, 6) is 1.79. The Morgan fingerprint density at radius 1 is 0.929 bits per heavy atom. The molecule has 0 radical (unpaired) electrons. The first-order valence-electron chi connectivity index (χ1n) is 9.67. The van der Waals surface area contributed by atoms with E-state index in [1.807, 2.05) is 30.3 Å². The minimum absolute atomic E-state index is 0.685. The summed E-state index contributed by atoms with van der Waals surface area (Å²) in [5, 5.41) is 18.9. The lowest BCUT2D eigenvalue weighted by molar-refractivity contribution is 0.214. The van der Waals surface area contributed by atoms with Crippen molar-refractivity contribution >= 4 is 11.8 Å². The monoisotopic (exact) mass is 389 g/mol. The Morgan fingerprint density at radius 2 is 1.68 bits per heavy atom. The minimum Gasteiger partial charge on any atom is -0.296 e. The van der Waals surface area contributed by atoms with Crippen molar-refractivity contribution in [1.29, 1.82) is 5.26 Å². The number of hydrogen-bond acceptors (Lipinski definition) is 5. The minimum atomic E-state index is 0.685. The van der Waals surface area contributed by atoms with Gasteiger partial charge >= 0.3 is 0 Å². The molecule has 1 saturated heterocycles. The lowest BCUT2D eigenvalue weighted by Crippen LogP contribution is -2.30. The van der Waals surface area contributed by atoms with Crippen molar-refractivity contribution in [2.75, 3.05) is 13.1 Å². The molecule has 5 nitrogen and oxygen atoms in total. The average Bonchev–Trinajstić information content (AvgIpc) is 3.16. The van der Waals surface area contributed by atoms with Gasteiger partial charge < -0.3 is 0 Å². The van der Waals surface area contributed by atoms with E-state index in [-0.39, 0.29) is 0 Å². The van der Waals surface area contributed by atoms with E-state index >= 15 is 0 Å². The molecule has 28 heavy (non-hydrogen) atoms. The van der Waals surface area contributed by atoms with Gasteiger partial charge in [-0.25, -0.2) is 0 Å². The number of likely N-dealkylation sites (tertiary alicyclic amines) is 1. The summed E-state index contributed by atoms with van der Waals surface area (Å²) >= 11 is 1.68. The number of nitrogens with zero attached hydrogens (tertiary/aromatic N) is 5. The van der Waals surface area contributed by atoms with Crippen molar-refractivity contribution in [2.45, 2.75) is 36.7 Å². The fraction of sp³-hybridized carbons (Fsp3) is 0.318. The van der Waals surface area contributed by atoms with E-state index < -0.39 is 0 Å². The van der Waals surface area contributed by atoms with Crippen LogP contribution in [0.1, 0.15) is 36.2 Å². The van der Waals surface area contributed by atoms with Gasteiger partial charge in [-0.05, 0) is 55.8 Å². The summed E-state index contributed by atoms with van der Waals surface area (Å²) in [4.78, 5) is 2.47. The molecule has 0 unspecified atom stereocenters. The molecule has 1 aliphatic heterocycles. The van der Waals surface area contributed by atoms with E-state index in [4.69, 9.17) is 5.26 Å². The molecule has 3 aromatic rings. The number of nitriles is 1. The third-order valence-corrected chi connectivity index (χ3v) is 5.98. The summed E-state index contributed by atoms with van der Waals surface area (Å²) < 4.78 is 2.18. The van der Waals surface area contributed by atoms with Crippen molar-refractivity contribution in [3.63, 3.8) is 0 Å². The van der Waals surface area contributed by atoms with Gasteiger partial charge in [0.2, 0.25) is 0 Å². The molecule has 0 atom stereocenters. The van der Waals surface area contributed by atoms with Crippen LogP contribution >= 0.6 is 11.8 Å². The van der Waals surface area contributed by atoms with Crippen LogP contribution in [0, 0.1) is 11.3 Å². The molecular weight excluding hydrogens is 366 g/mol. The van der Waals surface area contributed by atoms with Gasteiger partial charge in [-0.1, -0.05) is 48.5 Å². The molecular formula is C22H23N5S. The second-order valence-electron chi connectivity index (χ2n) is 7.00. The highest BCUT2D eigenvalue weighted by molar-refractivity contribution is 7.98. The molecule has 0 N–H and O–H groups in total. The first kappa shape index (κ1) is 18.7. The lowest BCUT2D eigenvalue weighted by Gasteiger charge is -2.26. The van der Waals surface area contributed by atoms with Crippen LogP contribution in [-0.2, 0) is 12.3 Å². The van der Waals surface area contributed by atoms with Crippen LogP contribution in [0.3, 0.4) is 0 Å². The molecule has 0 spiro atoms. The predicted octanol–water partition coefficient (Wildman–Crippen LogP) is 4.42. The summed E-state index contributed by atoms with van der Waals surface area (Å²) in [6.45, 7) is 3.10. The number of piperidine rings is 1. The average molecular weight is 390 g/mol. The zero-order valence-corrected chi connectivity index (χ0v) is 16.6. The zero-order valence-electron chi connectivity index (χ0n) is 15.8.